The van der Waals surface area contributed by atoms with Crippen LogP contribution < -0.4 is 10.2 Å². The van der Waals surface area contributed by atoms with Gasteiger partial charge in [-0.25, -0.2) is 0 Å². The van der Waals surface area contributed by atoms with Gasteiger partial charge in [-0.05, 0) is 18.6 Å². The van der Waals surface area contributed by atoms with Crippen molar-refractivity contribution in [3.05, 3.63) is 28.2 Å². The molecule has 1 fully saturated rings. The fourth-order valence-electron chi connectivity index (χ4n) is 1.92. The molecule has 0 bridgehead atoms. The summed E-state index contributed by atoms with van der Waals surface area (Å²) in [7, 11) is 0. The summed E-state index contributed by atoms with van der Waals surface area (Å²) >= 11 is 12.1. The Morgan fingerprint density at radius 2 is 1.94 bits per heavy atom. The molecule has 18 heavy (non-hydrogen) atoms. The van der Waals surface area contributed by atoms with Crippen LogP contribution in [0.25, 0.3) is 0 Å². The van der Waals surface area contributed by atoms with E-state index in [0.717, 1.165) is 0 Å². The molecule has 1 aliphatic rings. The van der Waals surface area contributed by atoms with Crippen LogP contribution in [0.15, 0.2) is 18.2 Å². The molecule has 2 amide bonds. The summed E-state index contributed by atoms with van der Waals surface area (Å²) in [6.45, 7) is 1.78. The highest BCUT2D eigenvalue weighted by Gasteiger charge is 2.34. The lowest BCUT2D eigenvalue weighted by molar-refractivity contribution is -0.131. The standard InChI is InChI=1S/C12H12Cl2N2O2/c1-2-9-12(18)16(6-10(17)15-9)11-7(13)4-3-5-8(11)14/h3-5,9H,2,6H2,1H3,(H,15,17). The number of halogens is 2. The second-order valence-corrected chi connectivity index (χ2v) is 4.84. The average Bonchev–Trinajstić information content (AvgIpc) is 2.32. The molecule has 4 nitrogen and oxygen atoms in total. The number of nitrogens with zero attached hydrogens (tertiary/aromatic N) is 1. The first kappa shape index (κ1) is 13.2. The third-order valence-electron chi connectivity index (χ3n) is 2.82. The number of nitrogens with one attached hydrogen (secondary N) is 1. The van der Waals surface area contributed by atoms with Crippen molar-refractivity contribution >= 4 is 40.7 Å². The van der Waals surface area contributed by atoms with Crippen LogP contribution in [-0.2, 0) is 9.59 Å². The van der Waals surface area contributed by atoms with Crippen molar-refractivity contribution in [2.45, 2.75) is 19.4 Å². The number of benzene rings is 1. The Balaban J connectivity index is 2.42. The molecule has 1 heterocycles. The first-order chi connectivity index (χ1) is 8.54. The third-order valence-corrected chi connectivity index (χ3v) is 3.43. The molecule has 2 rings (SSSR count). The van der Waals surface area contributed by atoms with Crippen molar-refractivity contribution in [2.75, 3.05) is 11.4 Å². The van der Waals surface area contributed by atoms with Crippen molar-refractivity contribution in [3.63, 3.8) is 0 Å². The van der Waals surface area contributed by atoms with Crippen molar-refractivity contribution in [1.29, 1.82) is 0 Å². The summed E-state index contributed by atoms with van der Waals surface area (Å²) in [6.07, 6.45) is 0.531. The number of para-hydroxylation sites is 1. The summed E-state index contributed by atoms with van der Waals surface area (Å²) < 4.78 is 0. The van der Waals surface area contributed by atoms with Gasteiger partial charge in [0.1, 0.15) is 12.6 Å². The molecular formula is C12H12Cl2N2O2. The second-order valence-electron chi connectivity index (χ2n) is 4.02. The highest BCUT2D eigenvalue weighted by molar-refractivity contribution is 6.40. The number of carbonyl (C=O) groups excluding carboxylic acids is 2. The average molecular weight is 287 g/mol. The van der Waals surface area contributed by atoms with Crippen LogP contribution in [0.3, 0.4) is 0 Å². The van der Waals surface area contributed by atoms with E-state index in [1.807, 2.05) is 6.92 Å². The van der Waals surface area contributed by atoms with Gasteiger partial charge in [0.2, 0.25) is 11.8 Å². The van der Waals surface area contributed by atoms with Crippen LogP contribution in [0.1, 0.15) is 13.3 Å². The minimum absolute atomic E-state index is 0.0568. The summed E-state index contributed by atoms with van der Waals surface area (Å²) in [5.74, 6) is -0.399. The summed E-state index contributed by atoms with van der Waals surface area (Å²) in [4.78, 5) is 25.1. The number of hydrogen-bond donors (Lipinski definition) is 1. The maximum atomic E-state index is 12.2. The zero-order chi connectivity index (χ0) is 13.3. The highest BCUT2D eigenvalue weighted by Crippen LogP contribution is 2.34. The molecule has 1 aromatic rings. The predicted molar refractivity (Wildman–Crippen MR) is 71.0 cm³/mol. The van der Waals surface area contributed by atoms with E-state index in [0.29, 0.717) is 22.2 Å². The Kier molecular flexibility index (Phi) is 3.78. The normalized spacial score (nSPS) is 19.9. The van der Waals surface area contributed by atoms with E-state index in [2.05, 4.69) is 5.32 Å². The molecule has 0 aliphatic carbocycles. The van der Waals surface area contributed by atoms with Crippen LogP contribution in [-0.4, -0.2) is 24.4 Å². The van der Waals surface area contributed by atoms with Crippen LogP contribution in [0, 0.1) is 0 Å². The summed E-state index contributed by atoms with van der Waals surface area (Å²) in [6, 6.07) is 4.46. The molecule has 0 aromatic heterocycles. The van der Waals surface area contributed by atoms with Crippen molar-refractivity contribution < 1.29 is 9.59 Å². The van der Waals surface area contributed by atoms with Crippen LogP contribution >= 0.6 is 23.2 Å². The Morgan fingerprint density at radius 3 is 2.50 bits per heavy atom. The van der Waals surface area contributed by atoms with E-state index >= 15 is 0 Å². The lowest BCUT2D eigenvalue weighted by Crippen LogP contribution is -2.58. The van der Waals surface area contributed by atoms with E-state index in [-0.39, 0.29) is 18.4 Å². The fraction of sp³-hybridized carbons (Fsp3) is 0.333. The van der Waals surface area contributed by atoms with Crippen molar-refractivity contribution in [3.8, 4) is 0 Å². The zero-order valence-corrected chi connectivity index (χ0v) is 11.3. The van der Waals surface area contributed by atoms with Gasteiger partial charge in [-0.3, -0.25) is 14.5 Å². The highest BCUT2D eigenvalue weighted by atomic mass is 35.5. The number of rotatable bonds is 2. The molecule has 1 aliphatic heterocycles. The molecule has 1 saturated heterocycles. The maximum Gasteiger partial charge on any atom is 0.250 e. The Bertz CT molecular complexity index is 485. The van der Waals surface area contributed by atoms with Gasteiger partial charge in [-0.2, -0.15) is 0 Å². The molecule has 1 unspecified atom stereocenters. The molecule has 0 spiro atoms. The van der Waals surface area contributed by atoms with Crippen LogP contribution in [0.5, 0.6) is 0 Å². The molecule has 0 radical (unpaired) electrons. The third kappa shape index (κ3) is 2.31. The van der Waals surface area contributed by atoms with Gasteiger partial charge in [0.05, 0.1) is 15.7 Å². The molecule has 1 atom stereocenters. The smallest absolute Gasteiger partial charge is 0.250 e. The number of anilines is 1. The van der Waals surface area contributed by atoms with Gasteiger partial charge in [-0.15, -0.1) is 0 Å². The topological polar surface area (TPSA) is 49.4 Å². The summed E-state index contributed by atoms with van der Waals surface area (Å²) in [5.41, 5.74) is 0.402. The molecular weight excluding hydrogens is 275 g/mol. The maximum absolute atomic E-state index is 12.2. The quantitative estimate of drug-likeness (QED) is 0.906. The molecule has 1 aromatic carbocycles. The van der Waals surface area contributed by atoms with Gasteiger partial charge >= 0.3 is 0 Å². The summed E-state index contributed by atoms with van der Waals surface area (Å²) in [5, 5.41) is 3.36. The van der Waals surface area contributed by atoms with Gasteiger partial charge in [-0.1, -0.05) is 36.2 Å². The number of carbonyl (C=O) groups is 2. The number of piperazine rings is 1. The van der Waals surface area contributed by atoms with E-state index in [1.165, 1.54) is 4.90 Å². The van der Waals surface area contributed by atoms with Crippen LogP contribution in [0.2, 0.25) is 10.0 Å². The first-order valence-corrected chi connectivity index (χ1v) is 6.35. The molecule has 6 heteroatoms. The number of hydrogen-bond acceptors (Lipinski definition) is 2. The molecule has 1 N–H and O–H groups in total. The van der Waals surface area contributed by atoms with Gasteiger partial charge in [0.25, 0.3) is 0 Å². The zero-order valence-electron chi connectivity index (χ0n) is 9.74. The second kappa shape index (κ2) is 5.16. The molecule has 96 valence electrons. The van der Waals surface area contributed by atoms with E-state index in [4.69, 9.17) is 23.2 Å². The van der Waals surface area contributed by atoms with Gasteiger partial charge < -0.3 is 5.32 Å². The van der Waals surface area contributed by atoms with Crippen LogP contribution in [0.4, 0.5) is 5.69 Å². The SMILES string of the molecule is CCC1NC(=O)CN(c2c(Cl)cccc2Cl)C1=O. The minimum atomic E-state index is -0.515. The largest absolute Gasteiger partial charge is 0.343 e. The Morgan fingerprint density at radius 1 is 1.33 bits per heavy atom. The van der Waals surface area contributed by atoms with Gasteiger partial charge in [0, 0.05) is 0 Å². The van der Waals surface area contributed by atoms with E-state index < -0.39 is 6.04 Å². The predicted octanol–water partition coefficient (Wildman–Crippen LogP) is 2.23. The number of amides is 2. The van der Waals surface area contributed by atoms with E-state index in [9.17, 15) is 9.59 Å². The first-order valence-electron chi connectivity index (χ1n) is 5.59. The van der Waals surface area contributed by atoms with Crippen molar-refractivity contribution in [2.24, 2.45) is 0 Å². The van der Waals surface area contributed by atoms with Crippen molar-refractivity contribution in [1.82, 2.24) is 5.32 Å². The minimum Gasteiger partial charge on any atom is -0.343 e. The Hall–Kier alpha value is -1.26. The van der Waals surface area contributed by atoms with E-state index in [1.54, 1.807) is 18.2 Å². The lowest BCUT2D eigenvalue weighted by atomic mass is 10.1. The Labute approximate surface area is 115 Å². The lowest BCUT2D eigenvalue weighted by Gasteiger charge is -2.33. The molecule has 0 saturated carbocycles. The van der Waals surface area contributed by atoms with Gasteiger partial charge in [0.15, 0.2) is 0 Å². The monoisotopic (exact) mass is 286 g/mol. The fourth-order valence-corrected chi connectivity index (χ4v) is 2.53.